The largest absolute Gasteiger partial charge is 0.381 e. The molecule has 0 saturated carbocycles. The molecule has 2 aromatic carbocycles. The third-order valence-electron chi connectivity index (χ3n) is 3.61. The molecule has 3 N–H and O–H groups in total. The number of fused-ring (bicyclic) bond motifs is 2. The summed E-state index contributed by atoms with van der Waals surface area (Å²) in [5.74, 6) is 0. The van der Waals surface area contributed by atoms with Crippen LogP contribution in [0.4, 0.5) is 5.69 Å². The summed E-state index contributed by atoms with van der Waals surface area (Å²) in [5.41, 5.74) is 4.60. The molecular weight excluding hydrogens is 248 g/mol. The van der Waals surface area contributed by atoms with Gasteiger partial charge in [-0.1, -0.05) is 12.1 Å². The van der Waals surface area contributed by atoms with Crippen molar-refractivity contribution in [2.75, 3.05) is 5.32 Å². The van der Waals surface area contributed by atoms with Crippen LogP contribution >= 0.6 is 0 Å². The Balaban J connectivity index is 1.61. The molecule has 4 nitrogen and oxygen atoms in total. The fraction of sp³-hybridized carbons (Fsp3) is 0.0625. The topological polar surface area (TPSA) is 56.5 Å². The van der Waals surface area contributed by atoms with Crippen molar-refractivity contribution >= 4 is 27.5 Å². The SMILES string of the molecule is c1cc(CNc2ccc3cn[nH]c3c2)c2cc[nH]c2c1. The lowest BCUT2D eigenvalue weighted by atomic mass is 10.1. The van der Waals surface area contributed by atoms with Gasteiger partial charge >= 0.3 is 0 Å². The molecule has 0 bridgehead atoms. The van der Waals surface area contributed by atoms with Crippen LogP contribution in [0.2, 0.25) is 0 Å². The molecule has 0 unspecified atom stereocenters. The van der Waals surface area contributed by atoms with Crippen LogP contribution in [-0.2, 0) is 6.54 Å². The van der Waals surface area contributed by atoms with Crippen LogP contribution < -0.4 is 5.32 Å². The van der Waals surface area contributed by atoms with Gasteiger partial charge in [-0.3, -0.25) is 5.10 Å². The number of rotatable bonds is 3. The van der Waals surface area contributed by atoms with Crippen LogP contribution in [0, 0.1) is 0 Å². The van der Waals surface area contributed by atoms with E-state index in [1.165, 1.54) is 16.5 Å². The van der Waals surface area contributed by atoms with Crippen LogP contribution in [0.5, 0.6) is 0 Å². The molecule has 2 aromatic heterocycles. The van der Waals surface area contributed by atoms with Crippen molar-refractivity contribution in [3.8, 4) is 0 Å². The van der Waals surface area contributed by atoms with Crippen molar-refractivity contribution in [1.29, 1.82) is 0 Å². The summed E-state index contributed by atoms with van der Waals surface area (Å²) >= 11 is 0. The van der Waals surface area contributed by atoms with E-state index in [9.17, 15) is 0 Å². The molecule has 20 heavy (non-hydrogen) atoms. The highest BCUT2D eigenvalue weighted by Crippen LogP contribution is 2.20. The molecule has 0 aliphatic rings. The Morgan fingerprint density at radius 2 is 2.05 bits per heavy atom. The van der Waals surface area contributed by atoms with Gasteiger partial charge in [0.15, 0.2) is 0 Å². The first kappa shape index (κ1) is 11.1. The van der Waals surface area contributed by atoms with E-state index >= 15 is 0 Å². The minimum Gasteiger partial charge on any atom is -0.381 e. The predicted octanol–water partition coefficient (Wildman–Crippen LogP) is 3.66. The quantitative estimate of drug-likeness (QED) is 0.528. The van der Waals surface area contributed by atoms with E-state index in [-0.39, 0.29) is 0 Å². The molecule has 2 heterocycles. The second-order valence-electron chi connectivity index (χ2n) is 4.88. The van der Waals surface area contributed by atoms with Crippen LogP contribution in [0.3, 0.4) is 0 Å². The summed E-state index contributed by atoms with van der Waals surface area (Å²) < 4.78 is 0. The molecule has 0 radical (unpaired) electrons. The van der Waals surface area contributed by atoms with Crippen LogP contribution in [0.15, 0.2) is 54.9 Å². The average Bonchev–Trinajstić information content (AvgIpc) is 3.13. The van der Waals surface area contributed by atoms with Gasteiger partial charge in [0.25, 0.3) is 0 Å². The van der Waals surface area contributed by atoms with E-state index in [1.807, 2.05) is 12.4 Å². The highest BCUT2D eigenvalue weighted by Gasteiger charge is 2.02. The number of aromatic nitrogens is 3. The number of nitrogens with one attached hydrogen (secondary N) is 3. The minimum absolute atomic E-state index is 0.800. The highest BCUT2D eigenvalue weighted by atomic mass is 15.1. The van der Waals surface area contributed by atoms with Crippen LogP contribution in [0.25, 0.3) is 21.8 Å². The van der Waals surface area contributed by atoms with Gasteiger partial charge in [-0.2, -0.15) is 5.10 Å². The van der Waals surface area contributed by atoms with Crippen LogP contribution in [0.1, 0.15) is 5.56 Å². The Kier molecular flexibility index (Phi) is 2.45. The number of H-pyrrole nitrogens is 2. The monoisotopic (exact) mass is 262 g/mol. The molecule has 4 aromatic rings. The van der Waals surface area contributed by atoms with E-state index < -0.39 is 0 Å². The normalized spacial score (nSPS) is 11.2. The second-order valence-corrected chi connectivity index (χ2v) is 4.88. The van der Waals surface area contributed by atoms with Crippen molar-refractivity contribution in [1.82, 2.24) is 15.2 Å². The van der Waals surface area contributed by atoms with Crippen molar-refractivity contribution in [2.24, 2.45) is 0 Å². The molecular formula is C16H14N4. The van der Waals surface area contributed by atoms with Gasteiger partial charge in [0.2, 0.25) is 0 Å². The number of nitrogens with zero attached hydrogens (tertiary/aromatic N) is 1. The number of hydrogen-bond donors (Lipinski definition) is 3. The van der Waals surface area contributed by atoms with Crippen molar-refractivity contribution in [2.45, 2.75) is 6.54 Å². The molecule has 98 valence electrons. The van der Waals surface area contributed by atoms with Gasteiger partial charge in [0.1, 0.15) is 0 Å². The lowest BCUT2D eigenvalue weighted by molar-refractivity contribution is 1.12. The Morgan fingerprint density at radius 1 is 1.05 bits per heavy atom. The summed E-state index contributed by atoms with van der Waals surface area (Å²) in [5, 5.41) is 12.9. The zero-order valence-corrected chi connectivity index (χ0v) is 10.9. The Hall–Kier alpha value is -2.75. The van der Waals surface area contributed by atoms with E-state index in [1.54, 1.807) is 0 Å². The summed E-state index contributed by atoms with van der Waals surface area (Å²) in [6, 6.07) is 14.7. The zero-order valence-electron chi connectivity index (χ0n) is 10.9. The number of aromatic amines is 2. The smallest absolute Gasteiger partial charge is 0.0670 e. The highest BCUT2D eigenvalue weighted by molar-refractivity contribution is 5.84. The van der Waals surface area contributed by atoms with Crippen LogP contribution in [-0.4, -0.2) is 15.2 Å². The summed E-state index contributed by atoms with van der Waals surface area (Å²) in [4.78, 5) is 3.24. The predicted molar refractivity (Wildman–Crippen MR) is 81.7 cm³/mol. The van der Waals surface area contributed by atoms with Crippen molar-refractivity contribution in [3.05, 3.63) is 60.4 Å². The van der Waals surface area contributed by atoms with Gasteiger partial charge < -0.3 is 10.3 Å². The van der Waals surface area contributed by atoms with Crippen molar-refractivity contribution < 1.29 is 0 Å². The third kappa shape index (κ3) is 1.82. The van der Waals surface area contributed by atoms with E-state index in [0.717, 1.165) is 23.1 Å². The maximum absolute atomic E-state index is 4.04. The number of benzene rings is 2. The number of anilines is 1. The molecule has 0 aliphatic heterocycles. The van der Waals surface area contributed by atoms with E-state index in [4.69, 9.17) is 0 Å². The van der Waals surface area contributed by atoms with E-state index in [0.29, 0.717) is 0 Å². The standard InChI is InChI=1S/C16H14N4/c1-2-11(14-6-7-17-15(14)3-1)9-18-13-5-4-12-10-19-20-16(12)8-13/h1-8,10,17-18H,9H2,(H,19,20). The molecule has 0 atom stereocenters. The van der Waals surface area contributed by atoms with Gasteiger partial charge in [0.05, 0.1) is 11.7 Å². The van der Waals surface area contributed by atoms with Gasteiger partial charge in [-0.05, 0) is 35.9 Å². The summed E-state index contributed by atoms with van der Waals surface area (Å²) in [7, 11) is 0. The van der Waals surface area contributed by atoms with Gasteiger partial charge in [-0.15, -0.1) is 0 Å². The average molecular weight is 262 g/mol. The Bertz CT molecular complexity index is 872. The molecule has 0 spiro atoms. The molecule has 0 saturated heterocycles. The fourth-order valence-corrected chi connectivity index (χ4v) is 2.55. The summed E-state index contributed by atoms with van der Waals surface area (Å²) in [6.07, 6.45) is 3.81. The Labute approximate surface area is 115 Å². The molecule has 0 fully saturated rings. The molecule has 4 heteroatoms. The second kappa shape index (κ2) is 4.42. The zero-order chi connectivity index (χ0) is 13.4. The first-order valence-corrected chi connectivity index (χ1v) is 6.62. The van der Waals surface area contributed by atoms with E-state index in [2.05, 4.69) is 63.0 Å². The van der Waals surface area contributed by atoms with Gasteiger partial charge in [0, 0.05) is 34.7 Å². The maximum atomic E-state index is 4.04. The first-order valence-electron chi connectivity index (χ1n) is 6.62. The fourth-order valence-electron chi connectivity index (χ4n) is 2.55. The lowest BCUT2D eigenvalue weighted by Crippen LogP contribution is -1.99. The first-order chi connectivity index (χ1) is 9.90. The van der Waals surface area contributed by atoms with Gasteiger partial charge in [-0.25, -0.2) is 0 Å². The number of hydrogen-bond acceptors (Lipinski definition) is 2. The molecule has 4 rings (SSSR count). The lowest BCUT2D eigenvalue weighted by Gasteiger charge is -2.08. The molecule has 0 aliphatic carbocycles. The summed E-state index contributed by atoms with van der Waals surface area (Å²) in [6.45, 7) is 0.800. The minimum atomic E-state index is 0.800. The van der Waals surface area contributed by atoms with Crippen molar-refractivity contribution in [3.63, 3.8) is 0 Å². The maximum Gasteiger partial charge on any atom is 0.0670 e. The molecule has 0 amide bonds. The Morgan fingerprint density at radius 3 is 3.05 bits per heavy atom. The third-order valence-corrected chi connectivity index (χ3v) is 3.61.